The summed E-state index contributed by atoms with van der Waals surface area (Å²) in [5.74, 6) is -2.53. The molecule has 0 aromatic heterocycles. The van der Waals surface area contributed by atoms with E-state index in [-0.39, 0.29) is 27.7 Å². The Morgan fingerprint density at radius 3 is 2.11 bits per heavy atom. The lowest BCUT2D eigenvalue weighted by Gasteiger charge is -2.17. The van der Waals surface area contributed by atoms with Gasteiger partial charge in [0, 0.05) is 17.3 Å². The standard InChI is InChI=1S/C24H18F7N3O3S/c25-20-16(2-1-3-17(20)21(32)35)13-4-6-14(7-5-13)33-22(38)34-18-9-8-15(36-11-23(26,27)28)10-19(18)37-12-24(29,30)31/h1-10H,11-12H2,(H2,32,35)(H2,33,34,38). The van der Waals surface area contributed by atoms with Gasteiger partial charge in [-0.05, 0) is 48.1 Å². The van der Waals surface area contributed by atoms with Crippen molar-refractivity contribution in [2.45, 2.75) is 12.4 Å². The number of carbonyl (C=O) groups is 1. The maximum atomic E-state index is 14.6. The minimum atomic E-state index is -4.71. The zero-order valence-corrected chi connectivity index (χ0v) is 19.9. The zero-order chi connectivity index (χ0) is 28.1. The maximum absolute atomic E-state index is 14.6. The van der Waals surface area contributed by atoms with E-state index in [4.69, 9.17) is 22.7 Å². The van der Waals surface area contributed by atoms with E-state index in [0.717, 1.165) is 18.2 Å². The molecule has 3 aromatic carbocycles. The summed E-state index contributed by atoms with van der Waals surface area (Å²) in [5, 5.41) is 5.28. The molecule has 0 radical (unpaired) electrons. The number of primary amides is 1. The first-order valence-electron chi connectivity index (χ1n) is 10.5. The molecule has 0 unspecified atom stereocenters. The van der Waals surface area contributed by atoms with Crippen molar-refractivity contribution < 1.29 is 45.0 Å². The molecule has 0 bridgehead atoms. The summed E-state index contributed by atoms with van der Waals surface area (Å²) in [7, 11) is 0. The van der Waals surface area contributed by atoms with Crippen molar-refractivity contribution in [1.29, 1.82) is 0 Å². The number of nitrogens with two attached hydrogens (primary N) is 1. The van der Waals surface area contributed by atoms with Gasteiger partial charge in [0.25, 0.3) is 5.91 Å². The average Bonchev–Trinajstić information content (AvgIpc) is 2.82. The Hall–Kier alpha value is -4.07. The van der Waals surface area contributed by atoms with Gasteiger partial charge in [0.05, 0.1) is 11.3 Å². The van der Waals surface area contributed by atoms with Crippen LogP contribution in [0.5, 0.6) is 11.5 Å². The van der Waals surface area contributed by atoms with Crippen LogP contribution in [-0.2, 0) is 0 Å². The number of hydrogen-bond donors (Lipinski definition) is 3. The van der Waals surface area contributed by atoms with Crippen LogP contribution >= 0.6 is 12.2 Å². The number of ether oxygens (including phenoxy) is 2. The molecule has 6 nitrogen and oxygen atoms in total. The minimum absolute atomic E-state index is 0.0759. The summed E-state index contributed by atoms with van der Waals surface area (Å²) in [6.45, 7) is -3.36. The molecule has 202 valence electrons. The van der Waals surface area contributed by atoms with E-state index in [1.165, 1.54) is 42.5 Å². The second kappa shape index (κ2) is 11.5. The summed E-state index contributed by atoms with van der Waals surface area (Å²) in [5.41, 5.74) is 5.78. The van der Waals surface area contributed by atoms with Crippen molar-refractivity contribution in [1.82, 2.24) is 0 Å². The largest absolute Gasteiger partial charge is 0.484 e. The zero-order valence-electron chi connectivity index (χ0n) is 19.0. The highest BCUT2D eigenvalue weighted by Crippen LogP contribution is 2.32. The summed E-state index contributed by atoms with van der Waals surface area (Å²) in [6.07, 6.45) is -9.36. The highest BCUT2D eigenvalue weighted by atomic mass is 32.1. The Kier molecular flexibility index (Phi) is 8.66. The van der Waals surface area contributed by atoms with Crippen LogP contribution in [0.4, 0.5) is 42.1 Å². The lowest BCUT2D eigenvalue weighted by molar-refractivity contribution is -0.153. The van der Waals surface area contributed by atoms with Crippen LogP contribution in [0.15, 0.2) is 60.7 Å². The molecule has 0 aliphatic heterocycles. The van der Waals surface area contributed by atoms with Crippen LogP contribution in [0.1, 0.15) is 10.4 Å². The number of amides is 1. The third-order valence-electron chi connectivity index (χ3n) is 4.71. The monoisotopic (exact) mass is 561 g/mol. The quantitative estimate of drug-likeness (QED) is 0.222. The molecule has 0 aliphatic rings. The molecule has 3 rings (SSSR count). The van der Waals surface area contributed by atoms with Gasteiger partial charge in [-0.1, -0.05) is 24.3 Å². The number of alkyl halides is 6. The van der Waals surface area contributed by atoms with Crippen LogP contribution in [0.3, 0.4) is 0 Å². The van der Waals surface area contributed by atoms with Gasteiger partial charge in [-0.3, -0.25) is 4.79 Å². The molecule has 0 fully saturated rings. The molecule has 14 heteroatoms. The average molecular weight is 561 g/mol. The number of anilines is 2. The first-order chi connectivity index (χ1) is 17.7. The van der Waals surface area contributed by atoms with E-state index in [1.807, 2.05) is 0 Å². The van der Waals surface area contributed by atoms with Crippen molar-refractivity contribution in [3.8, 4) is 22.6 Å². The fourth-order valence-electron chi connectivity index (χ4n) is 3.10. The van der Waals surface area contributed by atoms with Crippen LogP contribution in [0, 0.1) is 5.82 Å². The Morgan fingerprint density at radius 2 is 1.50 bits per heavy atom. The first-order valence-corrected chi connectivity index (χ1v) is 10.9. The molecule has 1 amide bonds. The van der Waals surface area contributed by atoms with Gasteiger partial charge in [-0.2, -0.15) is 26.3 Å². The predicted octanol–water partition coefficient (Wildman–Crippen LogP) is 6.28. The normalized spacial score (nSPS) is 11.6. The second-order valence-corrected chi connectivity index (χ2v) is 8.06. The SMILES string of the molecule is NC(=O)c1cccc(-c2ccc(NC(=S)Nc3ccc(OCC(F)(F)F)cc3OCC(F)(F)F)cc2)c1F. The number of carbonyl (C=O) groups excluding carboxylic acids is 1. The number of benzene rings is 3. The summed E-state index contributed by atoms with van der Waals surface area (Å²) < 4.78 is 99.1. The van der Waals surface area contributed by atoms with E-state index in [0.29, 0.717) is 11.3 Å². The summed E-state index contributed by atoms with van der Waals surface area (Å²) >= 11 is 5.17. The third kappa shape index (κ3) is 8.23. The molecule has 3 aromatic rings. The summed E-state index contributed by atoms with van der Waals surface area (Å²) in [6, 6.07) is 13.4. The second-order valence-electron chi connectivity index (χ2n) is 7.65. The van der Waals surface area contributed by atoms with Gasteiger partial charge in [-0.15, -0.1) is 0 Å². The highest BCUT2D eigenvalue weighted by Gasteiger charge is 2.30. The predicted molar refractivity (Wildman–Crippen MR) is 130 cm³/mol. The number of nitrogens with one attached hydrogen (secondary N) is 2. The molecular weight excluding hydrogens is 543 g/mol. The lowest BCUT2D eigenvalue weighted by atomic mass is 10.0. The smallest absolute Gasteiger partial charge is 0.422 e. The Bertz CT molecular complexity index is 1310. The molecule has 0 aliphatic carbocycles. The molecule has 4 N–H and O–H groups in total. The minimum Gasteiger partial charge on any atom is -0.484 e. The Labute approximate surface area is 216 Å². The van der Waals surface area contributed by atoms with Crippen molar-refractivity contribution in [3.63, 3.8) is 0 Å². The van der Waals surface area contributed by atoms with Gasteiger partial charge in [0.1, 0.15) is 17.3 Å². The van der Waals surface area contributed by atoms with Gasteiger partial charge < -0.3 is 25.8 Å². The highest BCUT2D eigenvalue weighted by molar-refractivity contribution is 7.80. The number of rotatable bonds is 8. The fourth-order valence-corrected chi connectivity index (χ4v) is 3.33. The lowest BCUT2D eigenvalue weighted by Crippen LogP contribution is -2.22. The van der Waals surface area contributed by atoms with E-state index in [9.17, 15) is 35.5 Å². The van der Waals surface area contributed by atoms with Gasteiger partial charge in [-0.25, -0.2) is 4.39 Å². The first kappa shape index (κ1) is 28.5. The van der Waals surface area contributed by atoms with Crippen molar-refractivity contribution in [2.75, 3.05) is 23.8 Å². The van der Waals surface area contributed by atoms with Crippen molar-refractivity contribution >= 4 is 34.6 Å². The molecule has 0 saturated carbocycles. The maximum Gasteiger partial charge on any atom is 0.422 e. The van der Waals surface area contributed by atoms with E-state index >= 15 is 0 Å². The number of halogens is 7. The van der Waals surface area contributed by atoms with Gasteiger partial charge >= 0.3 is 12.4 Å². The van der Waals surface area contributed by atoms with E-state index < -0.39 is 43.0 Å². The molecule has 0 saturated heterocycles. The molecule has 0 spiro atoms. The van der Waals surface area contributed by atoms with Crippen LogP contribution in [0.2, 0.25) is 0 Å². The Morgan fingerprint density at radius 1 is 0.868 bits per heavy atom. The van der Waals surface area contributed by atoms with Gasteiger partial charge in [0.15, 0.2) is 18.3 Å². The van der Waals surface area contributed by atoms with Crippen molar-refractivity contribution in [3.05, 3.63) is 72.0 Å². The fraction of sp³-hybridized carbons (Fsp3) is 0.167. The molecule has 0 heterocycles. The van der Waals surface area contributed by atoms with Crippen LogP contribution in [0.25, 0.3) is 11.1 Å². The molecule has 0 atom stereocenters. The van der Waals surface area contributed by atoms with Crippen LogP contribution < -0.4 is 25.8 Å². The molecular formula is C24H18F7N3O3S. The Balaban J connectivity index is 1.73. The van der Waals surface area contributed by atoms with Gasteiger partial charge in [0.2, 0.25) is 0 Å². The summed E-state index contributed by atoms with van der Waals surface area (Å²) in [4.78, 5) is 11.4. The third-order valence-corrected chi connectivity index (χ3v) is 4.92. The van der Waals surface area contributed by atoms with E-state index in [2.05, 4.69) is 15.4 Å². The van der Waals surface area contributed by atoms with Crippen LogP contribution in [-0.4, -0.2) is 36.6 Å². The number of thiocarbonyl (C=S) groups is 1. The topological polar surface area (TPSA) is 85.6 Å². The number of hydrogen-bond acceptors (Lipinski definition) is 4. The van der Waals surface area contributed by atoms with E-state index in [1.54, 1.807) is 0 Å². The molecule has 38 heavy (non-hydrogen) atoms. The van der Waals surface area contributed by atoms with Crippen molar-refractivity contribution in [2.24, 2.45) is 5.73 Å².